The van der Waals surface area contributed by atoms with Crippen LogP contribution in [-0.4, -0.2) is 18.5 Å². The minimum atomic E-state index is -0.0343. The molecule has 0 aromatic carbocycles. The summed E-state index contributed by atoms with van der Waals surface area (Å²) in [6.07, 6.45) is 2.03. The molecule has 3 heteroatoms. The van der Waals surface area contributed by atoms with Crippen LogP contribution >= 0.6 is 0 Å². The maximum atomic E-state index is 10.9. The van der Waals surface area contributed by atoms with Crippen LogP contribution in [0.1, 0.15) is 20.3 Å². The van der Waals surface area contributed by atoms with Crippen LogP contribution in [0.2, 0.25) is 0 Å². The van der Waals surface area contributed by atoms with E-state index < -0.39 is 0 Å². The molecular weight excluding hydrogens is 140 g/mol. The van der Waals surface area contributed by atoms with Gasteiger partial charge in [-0.3, -0.25) is 9.79 Å². The van der Waals surface area contributed by atoms with E-state index in [1.54, 1.807) is 27.0 Å². The minimum absolute atomic E-state index is 0.0343. The lowest BCUT2D eigenvalue weighted by molar-refractivity contribution is -0.115. The highest BCUT2D eigenvalue weighted by molar-refractivity contribution is 6.03. The highest BCUT2D eigenvalue weighted by Crippen LogP contribution is 1.92. The van der Waals surface area contributed by atoms with Crippen LogP contribution in [0.25, 0.3) is 0 Å². The van der Waals surface area contributed by atoms with Gasteiger partial charge in [-0.25, -0.2) is 0 Å². The van der Waals surface area contributed by atoms with Crippen molar-refractivity contribution < 1.29 is 4.79 Å². The number of hydrogen-bond donors (Lipinski definition) is 1. The molecule has 2 N–H and O–H groups in total. The van der Waals surface area contributed by atoms with Crippen molar-refractivity contribution in [2.24, 2.45) is 10.7 Å². The summed E-state index contributed by atoms with van der Waals surface area (Å²) in [5, 5.41) is 0. The Labute approximate surface area is 67.0 Å². The summed E-state index contributed by atoms with van der Waals surface area (Å²) in [7, 11) is 1.66. The first-order chi connectivity index (χ1) is 5.11. The number of carbonyl (C=O) groups excluding carboxylic acids is 1. The second-order valence-corrected chi connectivity index (χ2v) is 2.24. The first-order valence-corrected chi connectivity index (χ1v) is 3.55. The van der Waals surface area contributed by atoms with Crippen LogP contribution in [0, 0.1) is 0 Å². The number of aliphatic imine (C=N–C) groups is 1. The van der Waals surface area contributed by atoms with Crippen molar-refractivity contribution in [3.05, 3.63) is 11.8 Å². The Morgan fingerprint density at radius 3 is 2.55 bits per heavy atom. The molecule has 0 rings (SSSR count). The smallest absolute Gasteiger partial charge is 0.178 e. The number of allylic oxidation sites excluding steroid dienone is 2. The molecule has 0 saturated carbocycles. The maximum Gasteiger partial charge on any atom is 0.178 e. The Balaban J connectivity index is 4.34. The van der Waals surface area contributed by atoms with E-state index in [9.17, 15) is 4.79 Å². The Morgan fingerprint density at radius 1 is 1.64 bits per heavy atom. The quantitative estimate of drug-likeness (QED) is 0.485. The fraction of sp³-hybridized carbons (Fsp3) is 0.500. The monoisotopic (exact) mass is 154 g/mol. The highest BCUT2D eigenvalue weighted by atomic mass is 16.1. The summed E-state index contributed by atoms with van der Waals surface area (Å²) in [5.41, 5.74) is 6.49. The Hall–Kier alpha value is -1.12. The first kappa shape index (κ1) is 9.88. The van der Waals surface area contributed by atoms with Crippen molar-refractivity contribution in [2.45, 2.75) is 20.3 Å². The van der Waals surface area contributed by atoms with Crippen molar-refractivity contribution in [2.75, 3.05) is 7.05 Å². The summed E-state index contributed by atoms with van der Waals surface area (Å²) in [6, 6.07) is 0. The van der Waals surface area contributed by atoms with Crippen LogP contribution in [0.15, 0.2) is 16.8 Å². The predicted molar refractivity (Wildman–Crippen MR) is 46.6 cm³/mol. The zero-order valence-electron chi connectivity index (χ0n) is 7.22. The number of nitrogens with zero attached hydrogens (tertiary/aromatic N) is 1. The Morgan fingerprint density at radius 2 is 2.18 bits per heavy atom. The van der Waals surface area contributed by atoms with Gasteiger partial charge in [0.2, 0.25) is 0 Å². The van der Waals surface area contributed by atoms with E-state index in [1.807, 2.05) is 0 Å². The molecule has 0 radical (unpaired) electrons. The van der Waals surface area contributed by atoms with Crippen LogP contribution in [0.5, 0.6) is 0 Å². The summed E-state index contributed by atoms with van der Waals surface area (Å²) in [6.45, 7) is 3.58. The lowest BCUT2D eigenvalue weighted by Crippen LogP contribution is -2.11. The van der Waals surface area contributed by atoms with E-state index in [4.69, 9.17) is 5.73 Å². The molecule has 62 valence electrons. The van der Waals surface area contributed by atoms with E-state index in [1.165, 1.54) is 0 Å². The molecule has 0 saturated heterocycles. The SMILES string of the molecule is CCC(=O)C(N)=CC(C)=NC. The Kier molecular flexibility index (Phi) is 4.18. The number of Topliss-reactive ketones (excluding diaryl/α,β-unsaturated/α-hetero) is 1. The summed E-state index contributed by atoms with van der Waals surface area (Å²) < 4.78 is 0. The van der Waals surface area contributed by atoms with Gasteiger partial charge in [0.1, 0.15) is 0 Å². The molecule has 0 fully saturated rings. The van der Waals surface area contributed by atoms with Gasteiger partial charge in [-0.15, -0.1) is 0 Å². The molecule has 0 aliphatic rings. The average molecular weight is 154 g/mol. The van der Waals surface area contributed by atoms with E-state index in [0.717, 1.165) is 5.71 Å². The molecule has 0 aliphatic heterocycles. The molecule has 0 aromatic heterocycles. The fourth-order valence-corrected chi connectivity index (χ4v) is 0.574. The van der Waals surface area contributed by atoms with Gasteiger partial charge in [-0.1, -0.05) is 6.92 Å². The van der Waals surface area contributed by atoms with E-state index in [2.05, 4.69) is 4.99 Å². The molecule has 3 nitrogen and oxygen atoms in total. The van der Waals surface area contributed by atoms with E-state index in [0.29, 0.717) is 6.42 Å². The number of nitrogens with two attached hydrogens (primary N) is 1. The van der Waals surface area contributed by atoms with Crippen molar-refractivity contribution in [3.8, 4) is 0 Å². The zero-order valence-corrected chi connectivity index (χ0v) is 7.22. The van der Waals surface area contributed by atoms with E-state index in [-0.39, 0.29) is 11.5 Å². The zero-order chi connectivity index (χ0) is 8.85. The third kappa shape index (κ3) is 3.55. The van der Waals surface area contributed by atoms with Crippen molar-refractivity contribution in [3.63, 3.8) is 0 Å². The molecule has 0 bridgehead atoms. The van der Waals surface area contributed by atoms with Gasteiger partial charge in [0.15, 0.2) is 5.78 Å². The summed E-state index contributed by atoms with van der Waals surface area (Å²) in [5.74, 6) is -0.0343. The maximum absolute atomic E-state index is 10.9. The van der Waals surface area contributed by atoms with Gasteiger partial charge in [-0.2, -0.15) is 0 Å². The summed E-state index contributed by atoms with van der Waals surface area (Å²) in [4.78, 5) is 14.8. The van der Waals surface area contributed by atoms with Gasteiger partial charge in [0.25, 0.3) is 0 Å². The fourth-order valence-electron chi connectivity index (χ4n) is 0.574. The molecule has 0 unspecified atom stereocenters. The van der Waals surface area contributed by atoms with Crippen molar-refractivity contribution in [1.29, 1.82) is 0 Å². The van der Waals surface area contributed by atoms with Gasteiger partial charge >= 0.3 is 0 Å². The van der Waals surface area contributed by atoms with E-state index >= 15 is 0 Å². The van der Waals surface area contributed by atoms with Gasteiger partial charge in [-0.05, 0) is 13.0 Å². The van der Waals surface area contributed by atoms with Gasteiger partial charge in [0, 0.05) is 19.2 Å². The third-order valence-corrected chi connectivity index (χ3v) is 1.36. The second kappa shape index (κ2) is 4.66. The van der Waals surface area contributed by atoms with Gasteiger partial charge in [0.05, 0.1) is 5.70 Å². The van der Waals surface area contributed by atoms with Crippen molar-refractivity contribution in [1.82, 2.24) is 0 Å². The molecule has 0 atom stereocenters. The van der Waals surface area contributed by atoms with Crippen LogP contribution < -0.4 is 5.73 Å². The third-order valence-electron chi connectivity index (χ3n) is 1.36. The van der Waals surface area contributed by atoms with Crippen LogP contribution in [-0.2, 0) is 4.79 Å². The van der Waals surface area contributed by atoms with Crippen LogP contribution in [0.4, 0.5) is 0 Å². The molecular formula is C8H14N2O. The molecule has 0 spiro atoms. The number of hydrogen-bond acceptors (Lipinski definition) is 3. The highest BCUT2D eigenvalue weighted by Gasteiger charge is 2.00. The standard InChI is InChI=1S/C8H14N2O/c1-4-8(11)7(9)5-6(2)10-3/h5H,4,9H2,1-3H3. The Bertz CT molecular complexity index is 204. The van der Waals surface area contributed by atoms with Crippen molar-refractivity contribution >= 4 is 11.5 Å². The lowest BCUT2D eigenvalue weighted by atomic mass is 10.2. The molecule has 0 aromatic rings. The predicted octanol–water partition coefficient (Wildman–Crippen LogP) is 0.899. The number of ketones is 1. The topological polar surface area (TPSA) is 55.5 Å². The summed E-state index contributed by atoms with van der Waals surface area (Å²) >= 11 is 0. The minimum Gasteiger partial charge on any atom is -0.396 e. The lowest BCUT2D eigenvalue weighted by Gasteiger charge is -1.95. The molecule has 0 aliphatic carbocycles. The average Bonchev–Trinajstić information content (AvgIpc) is 2.02. The number of rotatable bonds is 3. The largest absolute Gasteiger partial charge is 0.396 e. The molecule has 0 heterocycles. The molecule has 11 heavy (non-hydrogen) atoms. The van der Waals surface area contributed by atoms with Crippen LogP contribution in [0.3, 0.4) is 0 Å². The second-order valence-electron chi connectivity index (χ2n) is 2.24. The molecule has 0 amide bonds. The normalized spacial score (nSPS) is 13.4. The number of carbonyl (C=O) groups is 1. The first-order valence-electron chi connectivity index (χ1n) is 3.55. The van der Waals surface area contributed by atoms with Gasteiger partial charge < -0.3 is 5.73 Å².